The van der Waals surface area contributed by atoms with Crippen LogP contribution in [0.1, 0.15) is 26.2 Å². The molecule has 1 rings (SSSR count). The number of carbonyl (C=O) groups excluding carboxylic acids is 1. The molecule has 1 saturated heterocycles. The molecule has 0 aromatic heterocycles. The van der Waals surface area contributed by atoms with Crippen molar-refractivity contribution in [1.82, 2.24) is 15.5 Å². The van der Waals surface area contributed by atoms with E-state index in [1.54, 1.807) is 7.05 Å². The summed E-state index contributed by atoms with van der Waals surface area (Å²) >= 11 is 0. The number of halogens is 1. The first kappa shape index (κ1) is 15.7. The van der Waals surface area contributed by atoms with Crippen molar-refractivity contribution in [3.8, 4) is 0 Å². The van der Waals surface area contributed by atoms with Crippen LogP contribution in [0, 0.1) is 0 Å². The van der Waals surface area contributed by atoms with E-state index in [-0.39, 0.29) is 24.4 Å². The molecule has 1 aliphatic rings. The van der Waals surface area contributed by atoms with Crippen molar-refractivity contribution in [3.63, 3.8) is 0 Å². The van der Waals surface area contributed by atoms with Gasteiger partial charge in [-0.25, -0.2) is 0 Å². The topological polar surface area (TPSA) is 44.4 Å². The predicted molar refractivity (Wildman–Crippen MR) is 69.1 cm³/mol. The number of hydrogen-bond acceptors (Lipinski definition) is 3. The Balaban J connectivity index is 0.00000225. The molecule has 1 fully saturated rings. The third-order valence-electron chi connectivity index (χ3n) is 2.73. The van der Waals surface area contributed by atoms with Gasteiger partial charge in [-0.2, -0.15) is 0 Å². The lowest BCUT2D eigenvalue weighted by atomic mass is 10.1. The van der Waals surface area contributed by atoms with Gasteiger partial charge >= 0.3 is 0 Å². The van der Waals surface area contributed by atoms with E-state index in [9.17, 15) is 4.79 Å². The van der Waals surface area contributed by atoms with Crippen LogP contribution in [0.2, 0.25) is 0 Å². The van der Waals surface area contributed by atoms with Gasteiger partial charge in [0, 0.05) is 12.6 Å². The molecule has 16 heavy (non-hydrogen) atoms. The minimum Gasteiger partial charge on any atom is -0.351 e. The van der Waals surface area contributed by atoms with Crippen LogP contribution in [-0.2, 0) is 4.79 Å². The number of nitrogens with zero attached hydrogens (tertiary/aromatic N) is 1. The van der Waals surface area contributed by atoms with Crippen molar-refractivity contribution < 1.29 is 4.79 Å². The molecule has 1 aliphatic heterocycles. The zero-order valence-corrected chi connectivity index (χ0v) is 11.1. The molecule has 0 aliphatic carbocycles. The quantitative estimate of drug-likeness (QED) is 0.751. The van der Waals surface area contributed by atoms with Crippen molar-refractivity contribution in [2.24, 2.45) is 0 Å². The first-order valence-electron chi connectivity index (χ1n) is 5.88. The van der Waals surface area contributed by atoms with Gasteiger partial charge in [0.15, 0.2) is 0 Å². The zero-order chi connectivity index (χ0) is 11.1. The van der Waals surface area contributed by atoms with Crippen molar-refractivity contribution in [2.45, 2.75) is 32.2 Å². The SMILES string of the molecule is CNCC(=O)NC(C)CN1CCCCC1.Cl. The van der Waals surface area contributed by atoms with Gasteiger partial charge in [-0.05, 0) is 39.9 Å². The lowest BCUT2D eigenvalue weighted by Crippen LogP contribution is -2.45. The van der Waals surface area contributed by atoms with Crippen LogP contribution in [-0.4, -0.2) is 50.1 Å². The van der Waals surface area contributed by atoms with Crippen LogP contribution in [0.4, 0.5) is 0 Å². The summed E-state index contributed by atoms with van der Waals surface area (Å²) in [7, 11) is 1.79. The molecule has 1 heterocycles. The third-order valence-corrected chi connectivity index (χ3v) is 2.73. The van der Waals surface area contributed by atoms with E-state index >= 15 is 0 Å². The van der Waals surface area contributed by atoms with E-state index in [0.717, 1.165) is 6.54 Å². The molecular formula is C11H24ClN3O. The van der Waals surface area contributed by atoms with Gasteiger partial charge in [0.25, 0.3) is 0 Å². The van der Waals surface area contributed by atoms with Crippen LogP contribution < -0.4 is 10.6 Å². The lowest BCUT2D eigenvalue weighted by molar-refractivity contribution is -0.120. The Labute approximate surface area is 105 Å². The minimum atomic E-state index is 0. The Morgan fingerprint density at radius 2 is 1.94 bits per heavy atom. The second kappa shape index (κ2) is 8.79. The summed E-state index contributed by atoms with van der Waals surface area (Å²) in [5.74, 6) is 0.0852. The van der Waals surface area contributed by atoms with E-state index < -0.39 is 0 Å². The number of piperidine rings is 1. The summed E-state index contributed by atoms with van der Waals surface area (Å²) in [6.45, 7) is 5.83. The molecule has 0 bridgehead atoms. The normalized spacial score (nSPS) is 18.6. The van der Waals surface area contributed by atoms with Gasteiger partial charge in [0.05, 0.1) is 6.54 Å². The standard InChI is InChI=1S/C11H23N3O.ClH/c1-10(13-11(15)8-12-2)9-14-6-4-3-5-7-14;/h10,12H,3-9H2,1-2H3,(H,13,15);1H. The molecule has 0 aromatic rings. The monoisotopic (exact) mass is 249 g/mol. The van der Waals surface area contributed by atoms with Gasteiger partial charge in [-0.3, -0.25) is 4.79 Å². The predicted octanol–water partition coefficient (Wildman–Crippen LogP) is 0.618. The van der Waals surface area contributed by atoms with E-state index in [4.69, 9.17) is 0 Å². The molecule has 1 unspecified atom stereocenters. The average molecular weight is 250 g/mol. The van der Waals surface area contributed by atoms with Gasteiger partial charge in [0.1, 0.15) is 0 Å². The number of carbonyl (C=O) groups is 1. The number of likely N-dealkylation sites (N-methyl/N-ethyl adjacent to an activating group) is 1. The summed E-state index contributed by atoms with van der Waals surface area (Å²) < 4.78 is 0. The first-order chi connectivity index (χ1) is 7.22. The summed E-state index contributed by atoms with van der Waals surface area (Å²) in [5, 5.41) is 5.84. The van der Waals surface area contributed by atoms with E-state index in [2.05, 4.69) is 22.5 Å². The number of nitrogens with one attached hydrogen (secondary N) is 2. The average Bonchev–Trinajstić information content (AvgIpc) is 2.19. The van der Waals surface area contributed by atoms with Crippen LogP contribution in [0.15, 0.2) is 0 Å². The Hall–Kier alpha value is -0.320. The maximum absolute atomic E-state index is 11.3. The van der Waals surface area contributed by atoms with Crippen molar-refractivity contribution >= 4 is 18.3 Å². The summed E-state index contributed by atoms with van der Waals surface area (Å²) in [6, 6.07) is 0.254. The van der Waals surface area contributed by atoms with E-state index in [1.807, 2.05) is 0 Å². The van der Waals surface area contributed by atoms with Crippen LogP contribution in [0.5, 0.6) is 0 Å². The Bertz CT molecular complexity index is 196. The smallest absolute Gasteiger partial charge is 0.234 e. The van der Waals surface area contributed by atoms with Crippen molar-refractivity contribution in [1.29, 1.82) is 0 Å². The minimum absolute atomic E-state index is 0. The van der Waals surface area contributed by atoms with Crippen molar-refractivity contribution in [3.05, 3.63) is 0 Å². The second-order valence-corrected chi connectivity index (χ2v) is 4.36. The third kappa shape index (κ3) is 6.30. The first-order valence-corrected chi connectivity index (χ1v) is 5.88. The summed E-state index contributed by atoms with van der Waals surface area (Å²) in [6.07, 6.45) is 3.96. The maximum atomic E-state index is 11.3. The van der Waals surface area contributed by atoms with Crippen LogP contribution >= 0.6 is 12.4 Å². The molecular weight excluding hydrogens is 226 g/mol. The molecule has 0 saturated carbocycles. The van der Waals surface area contributed by atoms with Gasteiger partial charge < -0.3 is 15.5 Å². The lowest BCUT2D eigenvalue weighted by Gasteiger charge is -2.29. The highest BCUT2D eigenvalue weighted by molar-refractivity contribution is 5.85. The number of rotatable bonds is 5. The van der Waals surface area contributed by atoms with Gasteiger partial charge in [0.2, 0.25) is 5.91 Å². The summed E-state index contributed by atoms with van der Waals surface area (Å²) in [4.78, 5) is 13.7. The van der Waals surface area contributed by atoms with Crippen LogP contribution in [0.3, 0.4) is 0 Å². The van der Waals surface area contributed by atoms with Gasteiger partial charge in [-0.15, -0.1) is 12.4 Å². The fourth-order valence-corrected chi connectivity index (χ4v) is 2.06. The highest BCUT2D eigenvalue weighted by Gasteiger charge is 2.14. The molecule has 2 N–H and O–H groups in total. The van der Waals surface area contributed by atoms with Crippen LogP contribution in [0.25, 0.3) is 0 Å². The highest BCUT2D eigenvalue weighted by atomic mass is 35.5. The zero-order valence-electron chi connectivity index (χ0n) is 10.3. The largest absolute Gasteiger partial charge is 0.351 e. The number of likely N-dealkylation sites (tertiary alicyclic amines) is 1. The van der Waals surface area contributed by atoms with Gasteiger partial charge in [-0.1, -0.05) is 6.42 Å². The fourth-order valence-electron chi connectivity index (χ4n) is 2.06. The Kier molecular flexibility index (Phi) is 8.61. The number of hydrogen-bond donors (Lipinski definition) is 2. The molecule has 4 nitrogen and oxygen atoms in total. The molecule has 1 amide bonds. The van der Waals surface area contributed by atoms with E-state index in [0.29, 0.717) is 6.54 Å². The van der Waals surface area contributed by atoms with Crippen molar-refractivity contribution in [2.75, 3.05) is 33.2 Å². The maximum Gasteiger partial charge on any atom is 0.234 e. The molecule has 5 heteroatoms. The fraction of sp³-hybridized carbons (Fsp3) is 0.909. The van der Waals surface area contributed by atoms with E-state index in [1.165, 1.54) is 32.4 Å². The highest BCUT2D eigenvalue weighted by Crippen LogP contribution is 2.08. The molecule has 0 aromatic carbocycles. The number of amides is 1. The molecule has 0 radical (unpaired) electrons. The molecule has 1 atom stereocenters. The molecule has 96 valence electrons. The Morgan fingerprint density at radius 1 is 1.31 bits per heavy atom. The summed E-state index contributed by atoms with van der Waals surface area (Å²) in [5.41, 5.74) is 0. The second-order valence-electron chi connectivity index (χ2n) is 4.36. The molecule has 0 spiro atoms. The Morgan fingerprint density at radius 3 is 2.50 bits per heavy atom.